The predicted molar refractivity (Wildman–Crippen MR) is 101 cm³/mol. The Morgan fingerprint density at radius 3 is 2.59 bits per heavy atom. The molecular weight excluding hydrogens is 344 g/mol. The van der Waals surface area contributed by atoms with Crippen LogP contribution < -0.4 is 20.3 Å². The number of aromatic amines is 1. The summed E-state index contributed by atoms with van der Waals surface area (Å²) in [5.74, 6) is 1.02. The molecule has 0 fully saturated rings. The van der Waals surface area contributed by atoms with E-state index in [0.29, 0.717) is 41.8 Å². The van der Waals surface area contributed by atoms with Gasteiger partial charge in [-0.3, -0.25) is 20.7 Å². The molecule has 1 aromatic heterocycles. The predicted octanol–water partition coefficient (Wildman–Crippen LogP) is 2.75. The molecule has 0 saturated heterocycles. The molecule has 0 atom stereocenters. The number of hydrazine groups is 1. The molecule has 2 aromatic carbocycles. The van der Waals surface area contributed by atoms with Gasteiger partial charge in [-0.2, -0.15) is 5.10 Å². The van der Waals surface area contributed by atoms with Gasteiger partial charge in [0.1, 0.15) is 18.9 Å². The summed E-state index contributed by atoms with van der Waals surface area (Å²) < 4.78 is 11.1. The third kappa shape index (κ3) is 3.62. The zero-order valence-corrected chi connectivity index (χ0v) is 14.5. The monoisotopic (exact) mass is 362 g/mol. The Kier molecular flexibility index (Phi) is 4.49. The molecule has 0 unspecified atom stereocenters. The van der Waals surface area contributed by atoms with Crippen molar-refractivity contribution in [3.63, 3.8) is 0 Å². The normalized spacial score (nSPS) is 12.3. The highest BCUT2D eigenvalue weighted by molar-refractivity contribution is 5.93. The van der Waals surface area contributed by atoms with Crippen LogP contribution in [-0.2, 0) is 0 Å². The molecule has 1 aliphatic heterocycles. The van der Waals surface area contributed by atoms with Gasteiger partial charge in [0.25, 0.3) is 5.91 Å². The fourth-order valence-corrected chi connectivity index (χ4v) is 2.70. The number of carbonyl (C=O) groups is 1. The van der Waals surface area contributed by atoms with Crippen LogP contribution in [0.15, 0.2) is 61.2 Å². The lowest BCUT2D eigenvalue weighted by molar-refractivity contribution is 0.0937. The van der Waals surface area contributed by atoms with Crippen LogP contribution in [0.1, 0.15) is 16.1 Å². The SMILES string of the molecule is C=C(NNC(=O)c1cc(-c2ccccc2)n[nH]1)c1ccc2c(c1)OCCO2. The third-order valence-electron chi connectivity index (χ3n) is 4.11. The summed E-state index contributed by atoms with van der Waals surface area (Å²) in [6, 6.07) is 16.8. The lowest BCUT2D eigenvalue weighted by atomic mass is 10.1. The Balaban J connectivity index is 1.39. The quantitative estimate of drug-likeness (QED) is 0.608. The standard InChI is InChI=1S/C20H18N4O3/c1-13(15-7-8-18-19(11-15)27-10-9-26-18)21-24-20(25)17-12-16(22-23-17)14-5-3-2-4-6-14/h2-8,11-12,21H,1,9-10H2,(H,22,23)(H,24,25). The van der Waals surface area contributed by atoms with E-state index in [1.807, 2.05) is 48.5 Å². The molecule has 27 heavy (non-hydrogen) atoms. The average molecular weight is 362 g/mol. The summed E-state index contributed by atoms with van der Waals surface area (Å²) in [6.07, 6.45) is 0. The van der Waals surface area contributed by atoms with Crippen LogP contribution in [0.5, 0.6) is 11.5 Å². The van der Waals surface area contributed by atoms with Crippen molar-refractivity contribution in [2.45, 2.75) is 0 Å². The van der Waals surface area contributed by atoms with E-state index in [9.17, 15) is 4.79 Å². The van der Waals surface area contributed by atoms with E-state index in [2.05, 4.69) is 27.6 Å². The number of benzene rings is 2. The van der Waals surface area contributed by atoms with Gasteiger partial charge in [-0.05, 0) is 24.3 Å². The van der Waals surface area contributed by atoms with Crippen molar-refractivity contribution in [1.82, 2.24) is 21.0 Å². The summed E-state index contributed by atoms with van der Waals surface area (Å²) in [7, 11) is 0. The van der Waals surface area contributed by atoms with Crippen molar-refractivity contribution in [2.75, 3.05) is 13.2 Å². The van der Waals surface area contributed by atoms with Crippen LogP contribution >= 0.6 is 0 Å². The number of nitrogens with zero attached hydrogens (tertiary/aromatic N) is 1. The Morgan fingerprint density at radius 1 is 1.00 bits per heavy atom. The van der Waals surface area contributed by atoms with Crippen molar-refractivity contribution < 1.29 is 14.3 Å². The van der Waals surface area contributed by atoms with Crippen LogP contribution in [-0.4, -0.2) is 29.3 Å². The largest absolute Gasteiger partial charge is 0.486 e. The lowest BCUT2D eigenvalue weighted by Gasteiger charge is -2.19. The molecule has 136 valence electrons. The minimum absolute atomic E-state index is 0.344. The molecule has 0 spiro atoms. The maximum Gasteiger partial charge on any atom is 0.287 e. The second kappa shape index (κ2) is 7.25. The van der Waals surface area contributed by atoms with Crippen molar-refractivity contribution in [2.24, 2.45) is 0 Å². The third-order valence-corrected chi connectivity index (χ3v) is 4.11. The van der Waals surface area contributed by atoms with Crippen LogP contribution in [0.25, 0.3) is 17.0 Å². The molecular formula is C20H18N4O3. The highest BCUT2D eigenvalue weighted by Crippen LogP contribution is 2.32. The molecule has 0 aliphatic carbocycles. The van der Waals surface area contributed by atoms with E-state index in [1.54, 1.807) is 6.07 Å². The summed E-state index contributed by atoms with van der Waals surface area (Å²) in [5, 5.41) is 6.91. The summed E-state index contributed by atoms with van der Waals surface area (Å²) >= 11 is 0. The first kappa shape index (κ1) is 16.7. The van der Waals surface area contributed by atoms with Gasteiger partial charge in [-0.25, -0.2) is 0 Å². The van der Waals surface area contributed by atoms with Gasteiger partial charge in [0, 0.05) is 11.1 Å². The molecule has 7 nitrogen and oxygen atoms in total. The molecule has 1 aliphatic rings. The molecule has 3 N–H and O–H groups in total. The topological polar surface area (TPSA) is 88.3 Å². The summed E-state index contributed by atoms with van der Waals surface area (Å²) in [4.78, 5) is 12.3. The number of aromatic nitrogens is 2. The smallest absolute Gasteiger partial charge is 0.287 e. The lowest BCUT2D eigenvalue weighted by Crippen LogP contribution is -2.36. The highest BCUT2D eigenvalue weighted by atomic mass is 16.6. The van der Waals surface area contributed by atoms with E-state index in [4.69, 9.17) is 9.47 Å². The summed E-state index contributed by atoms with van der Waals surface area (Å²) in [6.45, 7) is 4.99. The van der Waals surface area contributed by atoms with Crippen molar-refractivity contribution >= 4 is 11.6 Å². The number of fused-ring (bicyclic) bond motifs is 1. The Hall–Kier alpha value is -3.74. The first-order valence-electron chi connectivity index (χ1n) is 8.47. The number of hydrogen-bond donors (Lipinski definition) is 3. The van der Waals surface area contributed by atoms with E-state index >= 15 is 0 Å². The fourth-order valence-electron chi connectivity index (χ4n) is 2.70. The zero-order valence-electron chi connectivity index (χ0n) is 14.5. The van der Waals surface area contributed by atoms with Crippen LogP contribution in [0.2, 0.25) is 0 Å². The minimum atomic E-state index is -0.344. The molecule has 7 heteroatoms. The molecule has 4 rings (SSSR count). The number of amides is 1. The van der Waals surface area contributed by atoms with Gasteiger partial charge >= 0.3 is 0 Å². The van der Waals surface area contributed by atoms with Gasteiger partial charge in [0.2, 0.25) is 0 Å². The van der Waals surface area contributed by atoms with Crippen LogP contribution in [0.3, 0.4) is 0 Å². The first-order valence-corrected chi connectivity index (χ1v) is 8.47. The number of H-pyrrole nitrogens is 1. The molecule has 0 bridgehead atoms. The number of nitrogens with one attached hydrogen (secondary N) is 3. The maximum absolute atomic E-state index is 12.3. The Bertz CT molecular complexity index is 982. The Labute approximate surface area is 156 Å². The van der Waals surface area contributed by atoms with E-state index in [1.165, 1.54) is 0 Å². The Morgan fingerprint density at radius 2 is 1.78 bits per heavy atom. The maximum atomic E-state index is 12.3. The first-order chi connectivity index (χ1) is 13.2. The highest BCUT2D eigenvalue weighted by Gasteiger charge is 2.14. The van der Waals surface area contributed by atoms with Crippen molar-refractivity contribution in [3.05, 3.63) is 72.4 Å². The molecule has 3 aromatic rings. The van der Waals surface area contributed by atoms with E-state index in [0.717, 1.165) is 11.1 Å². The van der Waals surface area contributed by atoms with E-state index < -0.39 is 0 Å². The van der Waals surface area contributed by atoms with Crippen LogP contribution in [0.4, 0.5) is 0 Å². The number of hydrogen-bond acceptors (Lipinski definition) is 5. The van der Waals surface area contributed by atoms with Gasteiger partial charge in [-0.15, -0.1) is 0 Å². The van der Waals surface area contributed by atoms with Crippen molar-refractivity contribution in [1.29, 1.82) is 0 Å². The van der Waals surface area contributed by atoms with Crippen molar-refractivity contribution in [3.8, 4) is 22.8 Å². The van der Waals surface area contributed by atoms with Gasteiger partial charge in [0.15, 0.2) is 11.5 Å². The average Bonchev–Trinajstić information content (AvgIpc) is 3.22. The molecule has 2 heterocycles. The number of carbonyl (C=O) groups excluding carboxylic acids is 1. The zero-order chi connectivity index (χ0) is 18.6. The number of rotatable bonds is 5. The second-order valence-corrected chi connectivity index (χ2v) is 5.95. The molecule has 0 saturated carbocycles. The number of ether oxygens (including phenoxy) is 2. The minimum Gasteiger partial charge on any atom is -0.486 e. The fraction of sp³-hybridized carbons (Fsp3) is 0.100. The van der Waals surface area contributed by atoms with E-state index in [-0.39, 0.29) is 5.91 Å². The second-order valence-electron chi connectivity index (χ2n) is 5.95. The van der Waals surface area contributed by atoms with Crippen LogP contribution in [0, 0.1) is 0 Å². The molecule has 0 radical (unpaired) electrons. The summed E-state index contributed by atoms with van der Waals surface area (Å²) in [5.41, 5.74) is 8.72. The molecule has 1 amide bonds. The van der Waals surface area contributed by atoms with Gasteiger partial charge in [-0.1, -0.05) is 36.9 Å². The van der Waals surface area contributed by atoms with Gasteiger partial charge in [0.05, 0.1) is 11.4 Å². The van der Waals surface area contributed by atoms with Gasteiger partial charge < -0.3 is 9.47 Å².